The number of hydrogen-bond acceptors (Lipinski definition) is 4. The van der Waals surface area contributed by atoms with Gasteiger partial charge in [-0.3, -0.25) is 9.59 Å². The first-order valence-electron chi connectivity index (χ1n) is 8.49. The number of likely N-dealkylation sites (tertiary alicyclic amines) is 1. The van der Waals surface area contributed by atoms with E-state index < -0.39 is 5.91 Å². The molecule has 1 atom stereocenters. The largest absolute Gasteiger partial charge is 0.365 e. The van der Waals surface area contributed by atoms with Crippen molar-refractivity contribution in [2.75, 3.05) is 6.54 Å². The van der Waals surface area contributed by atoms with Gasteiger partial charge in [0.2, 0.25) is 5.91 Å². The van der Waals surface area contributed by atoms with E-state index in [0.717, 1.165) is 19.4 Å². The van der Waals surface area contributed by atoms with E-state index in [0.29, 0.717) is 29.4 Å². The number of aryl methyl sites for hydroxylation is 1. The summed E-state index contributed by atoms with van der Waals surface area (Å²) in [4.78, 5) is 34.6. The van der Waals surface area contributed by atoms with Crippen molar-refractivity contribution in [2.45, 2.75) is 57.9 Å². The first-order valence-corrected chi connectivity index (χ1v) is 8.49. The molecule has 1 aromatic rings. The van der Waals surface area contributed by atoms with Gasteiger partial charge < -0.3 is 10.6 Å². The molecule has 2 heterocycles. The SMILES string of the molecule is Cc1nc(C2CCCN2C(=O)CC2CCCC2)ncc1C(N)=O. The topological polar surface area (TPSA) is 89.2 Å². The summed E-state index contributed by atoms with van der Waals surface area (Å²) in [7, 11) is 0. The number of nitrogens with zero attached hydrogens (tertiary/aromatic N) is 3. The number of aromatic nitrogens is 2. The van der Waals surface area contributed by atoms with Crippen LogP contribution in [-0.2, 0) is 4.79 Å². The average Bonchev–Trinajstić information content (AvgIpc) is 3.17. The molecule has 2 aliphatic rings. The van der Waals surface area contributed by atoms with E-state index in [4.69, 9.17) is 5.73 Å². The second-order valence-corrected chi connectivity index (χ2v) is 6.69. The molecule has 1 aliphatic carbocycles. The Bertz CT molecular complexity index is 611. The van der Waals surface area contributed by atoms with Crippen molar-refractivity contribution in [2.24, 2.45) is 11.7 Å². The molecular weight excluding hydrogens is 292 g/mol. The Morgan fingerprint density at radius 1 is 1.26 bits per heavy atom. The highest BCUT2D eigenvalue weighted by molar-refractivity contribution is 5.93. The Morgan fingerprint density at radius 2 is 2.00 bits per heavy atom. The van der Waals surface area contributed by atoms with Crippen molar-refractivity contribution in [3.8, 4) is 0 Å². The summed E-state index contributed by atoms with van der Waals surface area (Å²) in [6, 6.07) is -0.0653. The van der Waals surface area contributed by atoms with E-state index in [2.05, 4.69) is 9.97 Å². The molecule has 3 rings (SSSR count). The van der Waals surface area contributed by atoms with Crippen LogP contribution >= 0.6 is 0 Å². The van der Waals surface area contributed by atoms with Crippen molar-refractivity contribution < 1.29 is 9.59 Å². The summed E-state index contributed by atoms with van der Waals surface area (Å²) < 4.78 is 0. The Morgan fingerprint density at radius 3 is 2.65 bits per heavy atom. The van der Waals surface area contributed by atoms with Crippen molar-refractivity contribution in [1.29, 1.82) is 0 Å². The molecule has 1 aliphatic heterocycles. The number of amides is 2. The van der Waals surface area contributed by atoms with Crippen LogP contribution in [0.1, 0.15) is 72.9 Å². The van der Waals surface area contributed by atoms with Crippen LogP contribution in [0.2, 0.25) is 0 Å². The van der Waals surface area contributed by atoms with Gasteiger partial charge in [-0.15, -0.1) is 0 Å². The van der Waals surface area contributed by atoms with Gasteiger partial charge in [0.15, 0.2) is 5.82 Å². The van der Waals surface area contributed by atoms with E-state index in [-0.39, 0.29) is 11.9 Å². The second kappa shape index (κ2) is 6.64. The van der Waals surface area contributed by atoms with Gasteiger partial charge in [-0.1, -0.05) is 12.8 Å². The van der Waals surface area contributed by atoms with Crippen LogP contribution in [0.15, 0.2) is 6.20 Å². The third-order valence-electron chi connectivity index (χ3n) is 5.07. The molecule has 2 fully saturated rings. The zero-order valence-corrected chi connectivity index (χ0v) is 13.6. The summed E-state index contributed by atoms with van der Waals surface area (Å²) in [5.74, 6) is 0.877. The monoisotopic (exact) mass is 316 g/mol. The molecule has 1 aromatic heterocycles. The maximum Gasteiger partial charge on any atom is 0.252 e. The molecule has 0 bridgehead atoms. The van der Waals surface area contributed by atoms with E-state index >= 15 is 0 Å². The lowest BCUT2D eigenvalue weighted by atomic mass is 10.0. The van der Waals surface area contributed by atoms with Crippen molar-refractivity contribution in [3.63, 3.8) is 0 Å². The zero-order valence-electron chi connectivity index (χ0n) is 13.6. The molecule has 1 unspecified atom stereocenters. The summed E-state index contributed by atoms with van der Waals surface area (Å²) in [6.45, 7) is 2.53. The molecular formula is C17H24N4O2. The van der Waals surface area contributed by atoms with Gasteiger partial charge in [0.1, 0.15) is 0 Å². The number of carbonyl (C=O) groups is 2. The highest BCUT2D eigenvalue weighted by Crippen LogP contribution is 2.34. The minimum Gasteiger partial charge on any atom is -0.365 e. The Balaban J connectivity index is 1.74. The average molecular weight is 316 g/mol. The summed E-state index contributed by atoms with van der Waals surface area (Å²) in [5.41, 5.74) is 6.23. The lowest BCUT2D eigenvalue weighted by Crippen LogP contribution is -2.32. The van der Waals surface area contributed by atoms with Crippen LogP contribution in [0.3, 0.4) is 0 Å². The van der Waals surface area contributed by atoms with Gasteiger partial charge in [-0.05, 0) is 38.5 Å². The van der Waals surface area contributed by atoms with Crippen molar-refractivity contribution >= 4 is 11.8 Å². The predicted molar refractivity (Wildman–Crippen MR) is 85.5 cm³/mol. The number of rotatable bonds is 4. The number of nitrogens with two attached hydrogens (primary N) is 1. The first-order chi connectivity index (χ1) is 11.1. The van der Waals surface area contributed by atoms with Crippen LogP contribution in [0.25, 0.3) is 0 Å². The smallest absolute Gasteiger partial charge is 0.252 e. The molecule has 6 nitrogen and oxygen atoms in total. The lowest BCUT2D eigenvalue weighted by Gasteiger charge is -2.25. The fraction of sp³-hybridized carbons (Fsp3) is 0.647. The van der Waals surface area contributed by atoms with Crippen molar-refractivity contribution in [3.05, 3.63) is 23.3 Å². The van der Waals surface area contributed by atoms with Gasteiger partial charge >= 0.3 is 0 Å². The highest BCUT2D eigenvalue weighted by Gasteiger charge is 2.33. The number of carbonyl (C=O) groups excluding carboxylic acids is 2. The quantitative estimate of drug-likeness (QED) is 0.921. The Kier molecular flexibility index (Phi) is 4.59. The maximum atomic E-state index is 12.6. The van der Waals surface area contributed by atoms with E-state index in [9.17, 15) is 9.59 Å². The molecule has 0 radical (unpaired) electrons. The first kappa shape index (κ1) is 15.9. The van der Waals surface area contributed by atoms with Gasteiger partial charge in [0.05, 0.1) is 17.3 Å². The molecule has 6 heteroatoms. The molecule has 0 spiro atoms. The van der Waals surface area contributed by atoms with Crippen LogP contribution in [0.4, 0.5) is 0 Å². The summed E-state index contributed by atoms with van der Waals surface area (Å²) in [5, 5.41) is 0. The minimum absolute atomic E-state index is 0.0653. The number of primary amides is 1. The summed E-state index contributed by atoms with van der Waals surface area (Å²) in [6.07, 6.45) is 8.83. The van der Waals surface area contributed by atoms with E-state index in [1.165, 1.54) is 31.9 Å². The van der Waals surface area contributed by atoms with Crippen LogP contribution in [-0.4, -0.2) is 33.2 Å². The molecule has 124 valence electrons. The lowest BCUT2D eigenvalue weighted by molar-refractivity contribution is -0.133. The Hall–Kier alpha value is -1.98. The van der Waals surface area contributed by atoms with Gasteiger partial charge in [0.25, 0.3) is 5.91 Å². The molecule has 23 heavy (non-hydrogen) atoms. The fourth-order valence-electron chi connectivity index (χ4n) is 3.80. The second-order valence-electron chi connectivity index (χ2n) is 6.69. The van der Waals surface area contributed by atoms with Gasteiger partial charge in [-0.25, -0.2) is 9.97 Å². The molecule has 1 saturated carbocycles. The fourth-order valence-corrected chi connectivity index (χ4v) is 3.80. The Labute approximate surface area is 136 Å². The molecule has 0 aromatic carbocycles. The minimum atomic E-state index is -0.519. The number of hydrogen-bond donors (Lipinski definition) is 1. The maximum absolute atomic E-state index is 12.6. The van der Waals surface area contributed by atoms with E-state index in [1.54, 1.807) is 6.92 Å². The highest BCUT2D eigenvalue weighted by atomic mass is 16.2. The normalized spacial score (nSPS) is 21.8. The predicted octanol–water partition coefficient (Wildman–Crippen LogP) is 2.13. The third kappa shape index (κ3) is 3.35. The van der Waals surface area contributed by atoms with Gasteiger partial charge in [0, 0.05) is 19.2 Å². The van der Waals surface area contributed by atoms with Crippen LogP contribution in [0.5, 0.6) is 0 Å². The van der Waals surface area contributed by atoms with E-state index in [1.807, 2.05) is 4.90 Å². The standard InChI is InChI=1S/C17H24N4O2/c1-11-13(16(18)23)10-19-17(20-11)14-7-4-8-21(14)15(22)9-12-5-2-3-6-12/h10,12,14H,2-9H2,1H3,(H2,18,23). The zero-order chi connectivity index (χ0) is 16.4. The molecule has 2 amide bonds. The van der Waals surface area contributed by atoms with Crippen LogP contribution in [0, 0.1) is 12.8 Å². The van der Waals surface area contributed by atoms with Crippen LogP contribution < -0.4 is 5.73 Å². The molecule has 2 N–H and O–H groups in total. The summed E-state index contributed by atoms with van der Waals surface area (Å²) >= 11 is 0. The third-order valence-corrected chi connectivity index (χ3v) is 5.07. The van der Waals surface area contributed by atoms with Crippen molar-refractivity contribution in [1.82, 2.24) is 14.9 Å². The molecule has 1 saturated heterocycles. The van der Waals surface area contributed by atoms with Gasteiger partial charge in [-0.2, -0.15) is 0 Å².